The molecule has 4 heteroatoms. The number of Topliss-reactive ketones (excluding diaryl/α,β-unsaturated/α-hetero) is 1. The first-order chi connectivity index (χ1) is 9.79. The molecule has 0 aliphatic rings. The molecule has 0 atom stereocenters. The summed E-state index contributed by atoms with van der Waals surface area (Å²) in [7, 11) is 0. The number of hydrogen-bond donors (Lipinski definition) is 0. The van der Waals surface area contributed by atoms with Crippen molar-refractivity contribution in [2.24, 2.45) is 0 Å². The predicted octanol–water partition coefficient (Wildman–Crippen LogP) is 3.71. The lowest BCUT2D eigenvalue weighted by Gasteiger charge is -2.02. The van der Waals surface area contributed by atoms with Crippen molar-refractivity contribution in [3.63, 3.8) is 0 Å². The van der Waals surface area contributed by atoms with Crippen molar-refractivity contribution in [3.8, 4) is 6.07 Å². The highest BCUT2D eigenvalue weighted by Gasteiger charge is 2.05. The number of carbonyl (C=O) groups excluding carboxylic acids is 1. The molecule has 2 rings (SSSR count). The lowest BCUT2D eigenvalue weighted by atomic mass is 10.1. The quantitative estimate of drug-likeness (QED) is 0.460. The molecule has 3 nitrogen and oxygen atoms in total. The SMILES string of the molecule is N#Cc1ccnc(SCCCC(=O)c2ccccc2)c1. The zero-order valence-electron chi connectivity index (χ0n) is 11.0. The van der Waals surface area contributed by atoms with Crippen LogP contribution in [0.2, 0.25) is 0 Å². The monoisotopic (exact) mass is 282 g/mol. The topological polar surface area (TPSA) is 53.8 Å². The van der Waals surface area contributed by atoms with E-state index in [1.165, 1.54) is 0 Å². The number of ketones is 1. The van der Waals surface area contributed by atoms with Crippen LogP contribution < -0.4 is 0 Å². The van der Waals surface area contributed by atoms with Crippen LogP contribution in [0, 0.1) is 11.3 Å². The fourth-order valence-electron chi connectivity index (χ4n) is 1.74. The number of nitriles is 1. The van der Waals surface area contributed by atoms with Crippen LogP contribution in [0.3, 0.4) is 0 Å². The van der Waals surface area contributed by atoms with E-state index in [0.29, 0.717) is 12.0 Å². The van der Waals surface area contributed by atoms with E-state index in [1.54, 1.807) is 30.1 Å². The number of nitrogens with zero attached hydrogens (tertiary/aromatic N) is 2. The van der Waals surface area contributed by atoms with Gasteiger partial charge in [0.15, 0.2) is 5.78 Å². The molecule has 0 N–H and O–H groups in total. The summed E-state index contributed by atoms with van der Waals surface area (Å²) in [5.74, 6) is 0.991. The van der Waals surface area contributed by atoms with Crippen molar-refractivity contribution in [3.05, 3.63) is 59.8 Å². The van der Waals surface area contributed by atoms with Crippen molar-refractivity contribution in [2.75, 3.05) is 5.75 Å². The number of hydrogen-bond acceptors (Lipinski definition) is 4. The smallest absolute Gasteiger partial charge is 0.162 e. The van der Waals surface area contributed by atoms with Gasteiger partial charge in [-0.05, 0) is 24.3 Å². The molecule has 0 aliphatic carbocycles. The summed E-state index contributed by atoms with van der Waals surface area (Å²) in [6.07, 6.45) is 2.97. The summed E-state index contributed by atoms with van der Waals surface area (Å²) in [4.78, 5) is 16.1. The van der Waals surface area contributed by atoms with Gasteiger partial charge in [0.05, 0.1) is 16.7 Å². The minimum Gasteiger partial charge on any atom is -0.294 e. The first-order valence-electron chi connectivity index (χ1n) is 6.37. The summed E-state index contributed by atoms with van der Waals surface area (Å²) in [6.45, 7) is 0. The third-order valence-electron chi connectivity index (χ3n) is 2.76. The lowest BCUT2D eigenvalue weighted by Crippen LogP contribution is -1.99. The van der Waals surface area contributed by atoms with E-state index in [2.05, 4.69) is 11.1 Å². The molecule has 0 saturated heterocycles. The molecule has 0 unspecified atom stereocenters. The average molecular weight is 282 g/mol. The van der Waals surface area contributed by atoms with E-state index >= 15 is 0 Å². The van der Waals surface area contributed by atoms with Crippen LogP contribution >= 0.6 is 11.8 Å². The Labute approximate surface area is 122 Å². The normalized spacial score (nSPS) is 9.95. The van der Waals surface area contributed by atoms with Gasteiger partial charge in [-0.3, -0.25) is 4.79 Å². The third kappa shape index (κ3) is 4.22. The largest absolute Gasteiger partial charge is 0.294 e. The Morgan fingerprint density at radius 3 is 2.80 bits per heavy atom. The predicted molar refractivity (Wildman–Crippen MR) is 79.7 cm³/mol. The van der Waals surface area contributed by atoms with E-state index in [9.17, 15) is 4.79 Å². The third-order valence-corrected chi connectivity index (χ3v) is 3.77. The average Bonchev–Trinajstić information content (AvgIpc) is 2.52. The van der Waals surface area contributed by atoms with Crippen LogP contribution in [0.15, 0.2) is 53.7 Å². The maximum Gasteiger partial charge on any atom is 0.162 e. The Bertz CT molecular complexity index is 620. The van der Waals surface area contributed by atoms with Crippen molar-refractivity contribution < 1.29 is 4.79 Å². The molecule has 1 heterocycles. The molecule has 0 amide bonds. The standard InChI is InChI=1S/C16H14N2OS/c17-12-13-8-9-18-16(11-13)20-10-4-7-15(19)14-5-2-1-3-6-14/h1-3,5-6,8-9,11H,4,7,10H2. The molecule has 1 aromatic carbocycles. The van der Waals surface area contributed by atoms with Gasteiger partial charge in [-0.1, -0.05) is 30.3 Å². The van der Waals surface area contributed by atoms with Gasteiger partial charge in [-0.15, -0.1) is 11.8 Å². The molecule has 0 fully saturated rings. The van der Waals surface area contributed by atoms with Gasteiger partial charge in [-0.25, -0.2) is 4.98 Å². The van der Waals surface area contributed by atoms with E-state index in [-0.39, 0.29) is 5.78 Å². The van der Waals surface area contributed by atoms with Crippen LogP contribution in [-0.4, -0.2) is 16.5 Å². The Hall–Kier alpha value is -2.12. The highest BCUT2D eigenvalue weighted by atomic mass is 32.2. The Morgan fingerprint density at radius 1 is 1.25 bits per heavy atom. The highest BCUT2D eigenvalue weighted by Crippen LogP contribution is 2.18. The summed E-state index contributed by atoms with van der Waals surface area (Å²) in [5, 5.41) is 9.63. The first-order valence-corrected chi connectivity index (χ1v) is 7.35. The van der Waals surface area contributed by atoms with E-state index in [0.717, 1.165) is 22.8 Å². The molecule has 0 bridgehead atoms. The molecular weight excluding hydrogens is 268 g/mol. The molecule has 100 valence electrons. The van der Waals surface area contributed by atoms with E-state index in [1.807, 2.05) is 30.3 Å². The molecule has 1 aromatic heterocycles. The number of thioether (sulfide) groups is 1. The summed E-state index contributed by atoms with van der Waals surface area (Å²) < 4.78 is 0. The Balaban J connectivity index is 1.77. The van der Waals surface area contributed by atoms with Crippen LogP contribution in [0.1, 0.15) is 28.8 Å². The minimum atomic E-state index is 0.171. The number of aromatic nitrogens is 1. The number of benzene rings is 1. The maximum atomic E-state index is 11.9. The summed E-state index contributed by atoms with van der Waals surface area (Å²) >= 11 is 1.57. The zero-order valence-corrected chi connectivity index (χ0v) is 11.8. The van der Waals surface area contributed by atoms with Gasteiger partial charge in [0.2, 0.25) is 0 Å². The van der Waals surface area contributed by atoms with Crippen molar-refractivity contribution in [1.29, 1.82) is 5.26 Å². The molecule has 0 saturated carbocycles. The molecule has 0 aliphatic heterocycles. The van der Waals surface area contributed by atoms with Crippen molar-refractivity contribution >= 4 is 17.5 Å². The van der Waals surface area contributed by atoms with Crippen LogP contribution in [-0.2, 0) is 0 Å². The maximum absolute atomic E-state index is 11.9. The zero-order chi connectivity index (χ0) is 14.2. The van der Waals surface area contributed by atoms with E-state index in [4.69, 9.17) is 5.26 Å². The summed E-state index contributed by atoms with van der Waals surface area (Å²) in [6, 6.07) is 14.9. The number of pyridine rings is 1. The lowest BCUT2D eigenvalue weighted by molar-refractivity contribution is 0.0982. The molecule has 2 aromatic rings. The van der Waals surface area contributed by atoms with Crippen molar-refractivity contribution in [2.45, 2.75) is 17.9 Å². The fourth-order valence-corrected chi connectivity index (χ4v) is 2.58. The van der Waals surface area contributed by atoms with Crippen LogP contribution in [0.5, 0.6) is 0 Å². The molecule has 0 spiro atoms. The summed E-state index contributed by atoms with van der Waals surface area (Å²) in [5.41, 5.74) is 1.38. The Morgan fingerprint density at radius 2 is 2.05 bits per heavy atom. The first kappa shape index (κ1) is 14.3. The molecule has 0 radical (unpaired) electrons. The second kappa shape index (κ2) is 7.46. The second-order valence-corrected chi connectivity index (χ2v) is 5.35. The fraction of sp³-hybridized carbons (Fsp3) is 0.188. The van der Waals surface area contributed by atoms with Crippen LogP contribution in [0.4, 0.5) is 0 Å². The van der Waals surface area contributed by atoms with Gasteiger partial charge < -0.3 is 0 Å². The van der Waals surface area contributed by atoms with Gasteiger partial charge in [-0.2, -0.15) is 5.26 Å². The number of carbonyl (C=O) groups is 1. The Kier molecular flexibility index (Phi) is 5.33. The van der Waals surface area contributed by atoms with Gasteiger partial charge in [0.1, 0.15) is 0 Å². The van der Waals surface area contributed by atoms with Crippen LogP contribution in [0.25, 0.3) is 0 Å². The van der Waals surface area contributed by atoms with E-state index < -0.39 is 0 Å². The second-order valence-electron chi connectivity index (χ2n) is 4.24. The molecular formula is C16H14N2OS. The van der Waals surface area contributed by atoms with Crippen molar-refractivity contribution in [1.82, 2.24) is 4.98 Å². The van der Waals surface area contributed by atoms with Gasteiger partial charge in [0.25, 0.3) is 0 Å². The number of rotatable bonds is 6. The minimum absolute atomic E-state index is 0.171. The van der Waals surface area contributed by atoms with Gasteiger partial charge >= 0.3 is 0 Å². The highest BCUT2D eigenvalue weighted by molar-refractivity contribution is 7.99. The molecule has 20 heavy (non-hydrogen) atoms. The van der Waals surface area contributed by atoms with Gasteiger partial charge in [0, 0.05) is 18.2 Å².